The van der Waals surface area contributed by atoms with E-state index in [2.05, 4.69) is 42.3 Å². The summed E-state index contributed by atoms with van der Waals surface area (Å²) in [5.74, 6) is 0.998. The molecule has 0 spiro atoms. The fourth-order valence-electron chi connectivity index (χ4n) is 2.24. The van der Waals surface area contributed by atoms with Gasteiger partial charge in [-0.05, 0) is 37.1 Å². The lowest BCUT2D eigenvalue weighted by atomic mass is 10.1. The van der Waals surface area contributed by atoms with E-state index in [1.807, 2.05) is 0 Å². The van der Waals surface area contributed by atoms with Gasteiger partial charge in [-0.25, -0.2) is 0 Å². The van der Waals surface area contributed by atoms with Crippen LogP contribution in [0.15, 0.2) is 18.2 Å². The number of nitrogens with one attached hydrogen (secondary N) is 1. The van der Waals surface area contributed by atoms with Crippen molar-refractivity contribution in [3.63, 3.8) is 0 Å². The second-order valence-corrected chi connectivity index (χ2v) is 4.76. The first-order valence-electron chi connectivity index (χ1n) is 6.38. The van der Waals surface area contributed by atoms with Crippen molar-refractivity contribution in [2.75, 3.05) is 39.3 Å². The molecule has 0 unspecified atom stereocenters. The quantitative estimate of drug-likeness (QED) is 0.924. The standard InChI is InChI=1S/C14H22N2O.2ClH/c1-12-9-13(2)11-14(10-12)17-8-7-16-5-3-15-4-6-16;;/h9-11,15H,3-8H2,1-2H3;2*1H. The fourth-order valence-corrected chi connectivity index (χ4v) is 2.24. The average molecular weight is 307 g/mol. The first kappa shape index (κ1) is 18.5. The summed E-state index contributed by atoms with van der Waals surface area (Å²) in [7, 11) is 0. The summed E-state index contributed by atoms with van der Waals surface area (Å²) < 4.78 is 5.81. The Bertz CT molecular complexity index is 348. The van der Waals surface area contributed by atoms with Crippen LogP contribution in [-0.4, -0.2) is 44.2 Å². The molecule has 19 heavy (non-hydrogen) atoms. The number of ether oxygens (including phenoxy) is 1. The fraction of sp³-hybridized carbons (Fsp3) is 0.571. The van der Waals surface area contributed by atoms with Gasteiger partial charge in [-0.15, -0.1) is 24.8 Å². The molecule has 1 N–H and O–H groups in total. The van der Waals surface area contributed by atoms with E-state index in [-0.39, 0.29) is 24.8 Å². The van der Waals surface area contributed by atoms with Crippen LogP contribution in [0.3, 0.4) is 0 Å². The van der Waals surface area contributed by atoms with Gasteiger partial charge in [0.15, 0.2) is 0 Å². The Morgan fingerprint density at radius 1 is 1.05 bits per heavy atom. The Labute approximate surface area is 128 Å². The van der Waals surface area contributed by atoms with Crippen LogP contribution in [0.4, 0.5) is 0 Å². The number of aryl methyl sites for hydroxylation is 2. The van der Waals surface area contributed by atoms with Gasteiger partial charge < -0.3 is 10.1 Å². The molecule has 3 nitrogen and oxygen atoms in total. The van der Waals surface area contributed by atoms with E-state index in [4.69, 9.17) is 4.74 Å². The van der Waals surface area contributed by atoms with E-state index in [1.54, 1.807) is 0 Å². The Balaban J connectivity index is 0.00000162. The number of halogens is 2. The highest BCUT2D eigenvalue weighted by molar-refractivity contribution is 5.85. The van der Waals surface area contributed by atoms with E-state index >= 15 is 0 Å². The molecule has 1 saturated heterocycles. The summed E-state index contributed by atoms with van der Waals surface area (Å²) >= 11 is 0. The number of piperazine rings is 1. The summed E-state index contributed by atoms with van der Waals surface area (Å²) in [6, 6.07) is 6.37. The van der Waals surface area contributed by atoms with Crippen LogP contribution in [-0.2, 0) is 0 Å². The zero-order chi connectivity index (χ0) is 12.1. The topological polar surface area (TPSA) is 24.5 Å². The molecule has 1 heterocycles. The van der Waals surface area contributed by atoms with Crippen molar-refractivity contribution in [1.29, 1.82) is 0 Å². The third kappa shape index (κ3) is 6.48. The zero-order valence-corrected chi connectivity index (χ0v) is 13.3. The molecular formula is C14H24Cl2N2O. The summed E-state index contributed by atoms with van der Waals surface area (Å²) in [6.07, 6.45) is 0. The van der Waals surface area contributed by atoms with Crippen molar-refractivity contribution >= 4 is 24.8 Å². The van der Waals surface area contributed by atoms with E-state index in [0.717, 1.165) is 45.1 Å². The predicted molar refractivity (Wildman–Crippen MR) is 85.2 cm³/mol. The van der Waals surface area contributed by atoms with Crippen LogP contribution in [0, 0.1) is 13.8 Å². The van der Waals surface area contributed by atoms with E-state index in [0.29, 0.717) is 0 Å². The second kappa shape index (κ2) is 9.43. The lowest BCUT2D eigenvalue weighted by Crippen LogP contribution is -2.44. The highest BCUT2D eigenvalue weighted by Gasteiger charge is 2.08. The summed E-state index contributed by atoms with van der Waals surface area (Å²) in [4.78, 5) is 2.44. The van der Waals surface area contributed by atoms with E-state index < -0.39 is 0 Å². The molecule has 1 aromatic rings. The molecule has 1 aliphatic rings. The van der Waals surface area contributed by atoms with Crippen molar-refractivity contribution in [3.8, 4) is 5.75 Å². The van der Waals surface area contributed by atoms with Gasteiger partial charge in [0.2, 0.25) is 0 Å². The lowest BCUT2D eigenvalue weighted by Gasteiger charge is -2.26. The van der Waals surface area contributed by atoms with Crippen molar-refractivity contribution in [1.82, 2.24) is 10.2 Å². The molecule has 1 aromatic carbocycles. The van der Waals surface area contributed by atoms with Crippen molar-refractivity contribution in [3.05, 3.63) is 29.3 Å². The Kier molecular flexibility index (Phi) is 9.19. The van der Waals surface area contributed by atoms with Gasteiger partial charge >= 0.3 is 0 Å². The number of benzene rings is 1. The van der Waals surface area contributed by atoms with E-state index in [1.165, 1.54) is 11.1 Å². The van der Waals surface area contributed by atoms with Crippen LogP contribution >= 0.6 is 24.8 Å². The molecule has 1 fully saturated rings. The zero-order valence-electron chi connectivity index (χ0n) is 11.6. The highest BCUT2D eigenvalue weighted by Crippen LogP contribution is 2.16. The third-order valence-electron chi connectivity index (χ3n) is 3.08. The minimum atomic E-state index is 0. The summed E-state index contributed by atoms with van der Waals surface area (Å²) in [5.41, 5.74) is 2.53. The maximum Gasteiger partial charge on any atom is 0.119 e. The summed E-state index contributed by atoms with van der Waals surface area (Å²) in [6.45, 7) is 10.5. The Morgan fingerprint density at radius 3 is 2.21 bits per heavy atom. The molecule has 0 radical (unpaired) electrons. The van der Waals surface area contributed by atoms with Gasteiger partial charge in [-0.2, -0.15) is 0 Å². The third-order valence-corrected chi connectivity index (χ3v) is 3.08. The molecule has 2 rings (SSSR count). The first-order chi connectivity index (χ1) is 8.24. The van der Waals surface area contributed by atoms with Crippen molar-refractivity contribution in [2.24, 2.45) is 0 Å². The second-order valence-electron chi connectivity index (χ2n) is 4.76. The Morgan fingerprint density at radius 2 is 1.63 bits per heavy atom. The maximum absolute atomic E-state index is 5.81. The first-order valence-corrected chi connectivity index (χ1v) is 6.38. The monoisotopic (exact) mass is 306 g/mol. The SMILES string of the molecule is Cc1cc(C)cc(OCCN2CCNCC2)c1.Cl.Cl. The van der Waals surface area contributed by atoms with Crippen LogP contribution in [0.2, 0.25) is 0 Å². The largest absolute Gasteiger partial charge is 0.492 e. The Hall–Kier alpha value is -0.480. The number of hydrogen-bond acceptors (Lipinski definition) is 3. The molecule has 0 aromatic heterocycles. The smallest absolute Gasteiger partial charge is 0.119 e. The van der Waals surface area contributed by atoms with Crippen LogP contribution in [0.1, 0.15) is 11.1 Å². The molecule has 0 bridgehead atoms. The number of rotatable bonds is 4. The van der Waals surface area contributed by atoms with E-state index in [9.17, 15) is 0 Å². The molecule has 0 atom stereocenters. The lowest BCUT2D eigenvalue weighted by molar-refractivity contribution is 0.191. The van der Waals surface area contributed by atoms with Gasteiger partial charge in [0, 0.05) is 32.7 Å². The van der Waals surface area contributed by atoms with Gasteiger partial charge in [-0.1, -0.05) is 6.07 Å². The molecule has 0 aliphatic carbocycles. The maximum atomic E-state index is 5.81. The molecule has 5 heteroatoms. The minimum Gasteiger partial charge on any atom is -0.492 e. The number of nitrogens with zero attached hydrogens (tertiary/aromatic N) is 1. The molecule has 0 saturated carbocycles. The molecule has 110 valence electrons. The predicted octanol–water partition coefficient (Wildman–Crippen LogP) is 2.43. The minimum absolute atomic E-state index is 0. The van der Waals surface area contributed by atoms with Crippen molar-refractivity contribution < 1.29 is 4.74 Å². The van der Waals surface area contributed by atoms with Crippen molar-refractivity contribution in [2.45, 2.75) is 13.8 Å². The van der Waals surface area contributed by atoms with Crippen LogP contribution in [0.25, 0.3) is 0 Å². The molecular weight excluding hydrogens is 283 g/mol. The van der Waals surface area contributed by atoms with Gasteiger partial charge in [0.05, 0.1) is 0 Å². The van der Waals surface area contributed by atoms with Crippen LogP contribution < -0.4 is 10.1 Å². The number of hydrogen-bond donors (Lipinski definition) is 1. The average Bonchev–Trinajstić information content (AvgIpc) is 2.29. The van der Waals surface area contributed by atoms with Crippen LogP contribution in [0.5, 0.6) is 5.75 Å². The molecule has 1 aliphatic heterocycles. The van der Waals surface area contributed by atoms with Gasteiger partial charge in [0.25, 0.3) is 0 Å². The highest BCUT2D eigenvalue weighted by atomic mass is 35.5. The normalized spacial score (nSPS) is 15.3. The van der Waals surface area contributed by atoms with Gasteiger partial charge in [0.1, 0.15) is 12.4 Å². The summed E-state index contributed by atoms with van der Waals surface area (Å²) in [5, 5.41) is 3.36. The molecule has 0 amide bonds. The van der Waals surface area contributed by atoms with Gasteiger partial charge in [-0.3, -0.25) is 4.90 Å².